The highest BCUT2D eigenvalue weighted by Crippen LogP contribution is 2.30. The molecule has 4 nitrogen and oxygen atoms in total. The van der Waals surface area contributed by atoms with E-state index in [-0.39, 0.29) is 0 Å². The summed E-state index contributed by atoms with van der Waals surface area (Å²) < 4.78 is 0. The largest absolute Gasteiger partial charge is 0.361 e. The summed E-state index contributed by atoms with van der Waals surface area (Å²) in [6, 6.07) is 8.89. The minimum atomic E-state index is 0.313. The zero-order valence-corrected chi connectivity index (χ0v) is 13.1. The van der Waals surface area contributed by atoms with Gasteiger partial charge < -0.3 is 14.8 Å². The fourth-order valence-electron chi connectivity index (χ4n) is 4.11. The molecule has 2 aromatic rings. The van der Waals surface area contributed by atoms with Crippen molar-refractivity contribution in [2.24, 2.45) is 5.92 Å². The van der Waals surface area contributed by atoms with Gasteiger partial charge in [-0.25, -0.2) is 0 Å². The number of nitrogens with one attached hydrogen (secondary N) is 1. The highest BCUT2D eigenvalue weighted by Gasteiger charge is 2.40. The summed E-state index contributed by atoms with van der Waals surface area (Å²) in [5.74, 6) is 1.01. The highest BCUT2D eigenvalue weighted by atomic mass is 16.2. The van der Waals surface area contributed by atoms with E-state index in [2.05, 4.69) is 40.0 Å². The minimum absolute atomic E-state index is 0.313. The van der Waals surface area contributed by atoms with Crippen LogP contribution in [0.5, 0.6) is 0 Å². The number of hydrogen-bond donors (Lipinski definition) is 1. The zero-order chi connectivity index (χ0) is 15.1. The van der Waals surface area contributed by atoms with Crippen molar-refractivity contribution in [3.05, 3.63) is 36.0 Å². The molecule has 1 N–H and O–H groups in total. The van der Waals surface area contributed by atoms with Crippen LogP contribution in [-0.4, -0.2) is 53.4 Å². The van der Waals surface area contributed by atoms with Crippen LogP contribution in [0.2, 0.25) is 0 Å². The van der Waals surface area contributed by atoms with Gasteiger partial charge in [0.05, 0.1) is 0 Å². The van der Waals surface area contributed by atoms with Crippen LogP contribution >= 0.6 is 0 Å². The van der Waals surface area contributed by atoms with Gasteiger partial charge in [-0.05, 0) is 44.0 Å². The van der Waals surface area contributed by atoms with Crippen LogP contribution in [0.15, 0.2) is 30.5 Å². The first-order chi connectivity index (χ1) is 10.7. The molecule has 2 aliphatic rings. The van der Waals surface area contributed by atoms with Gasteiger partial charge in [-0.2, -0.15) is 0 Å². The van der Waals surface area contributed by atoms with Crippen molar-refractivity contribution in [3.63, 3.8) is 0 Å². The molecule has 0 unspecified atom stereocenters. The van der Waals surface area contributed by atoms with Crippen molar-refractivity contribution in [1.82, 2.24) is 14.8 Å². The first kappa shape index (κ1) is 13.8. The van der Waals surface area contributed by atoms with Gasteiger partial charge in [-0.1, -0.05) is 18.2 Å². The highest BCUT2D eigenvalue weighted by molar-refractivity contribution is 5.84. The van der Waals surface area contributed by atoms with Crippen LogP contribution < -0.4 is 0 Å². The number of para-hydroxylation sites is 1. The van der Waals surface area contributed by atoms with Crippen LogP contribution in [0.3, 0.4) is 0 Å². The van der Waals surface area contributed by atoms with Gasteiger partial charge in [-0.15, -0.1) is 0 Å². The van der Waals surface area contributed by atoms with Crippen LogP contribution in [0.25, 0.3) is 10.9 Å². The lowest BCUT2D eigenvalue weighted by atomic mass is 10.1. The van der Waals surface area contributed by atoms with Crippen molar-refractivity contribution in [2.75, 3.05) is 26.7 Å². The Bertz CT molecular complexity index is 692. The Hall–Kier alpha value is -1.81. The fourth-order valence-corrected chi connectivity index (χ4v) is 4.11. The molecule has 0 aliphatic carbocycles. The van der Waals surface area contributed by atoms with E-state index < -0.39 is 0 Å². The molecule has 4 rings (SSSR count). The second-order valence-electron chi connectivity index (χ2n) is 6.75. The number of nitrogens with zero attached hydrogens (tertiary/aromatic N) is 2. The maximum Gasteiger partial charge on any atom is 0.222 e. The monoisotopic (exact) mass is 297 g/mol. The van der Waals surface area contributed by atoms with Crippen LogP contribution in [0.1, 0.15) is 18.4 Å². The number of benzene rings is 1. The molecule has 1 aromatic heterocycles. The van der Waals surface area contributed by atoms with Gasteiger partial charge >= 0.3 is 0 Å². The fraction of sp³-hybridized carbons (Fsp3) is 0.500. The van der Waals surface area contributed by atoms with Gasteiger partial charge in [0.1, 0.15) is 0 Å². The SMILES string of the molecule is CN1CC[C@H]2CN(C(=O)CCc3c[nH]c4ccccc34)C[C@H]21. The van der Waals surface area contributed by atoms with E-state index in [1.807, 2.05) is 12.3 Å². The van der Waals surface area contributed by atoms with Gasteiger partial charge in [0, 0.05) is 42.7 Å². The smallest absolute Gasteiger partial charge is 0.222 e. The Morgan fingerprint density at radius 2 is 2.18 bits per heavy atom. The molecule has 4 heteroatoms. The third-order valence-electron chi connectivity index (χ3n) is 5.46. The van der Waals surface area contributed by atoms with Crippen LogP contribution in [0, 0.1) is 5.92 Å². The molecule has 2 atom stereocenters. The molecule has 0 radical (unpaired) electrons. The van der Waals surface area contributed by atoms with Crippen molar-refractivity contribution in [1.29, 1.82) is 0 Å². The van der Waals surface area contributed by atoms with E-state index in [0.29, 0.717) is 24.3 Å². The average molecular weight is 297 g/mol. The number of H-pyrrole nitrogens is 1. The predicted octanol–water partition coefficient (Wildman–Crippen LogP) is 2.26. The molecule has 1 aromatic carbocycles. The number of aromatic amines is 1. The minimum Gasteiger partial charge on any atom is -0.361 e. The zero-order valence-electron chi connectivity index (χ0n) is 13.1. The lowest BCUT2D eigenvalue weighted by molar-refractivity contribution is -0.130. The number of rotatable bonds is 3. The Morgan fingerprint density at radius 1 is 1.32 bits per heavy atom. The number of likely N-dealkylation sites (tertiary alicyclic amines) is 2. The van der Waals surface area contributed by atoms with Crippen molar-refractivity contribution in [2.45, 2.75) is 25.3 Å². The Morgan fingerprint density at radius 3 is 3.05 bits per heavy atom. The summed E-state index contributed by atoms with van der Waals surface area (Å²) in [6.45, 7) is 3.07. The van der Waals surface area contributed by atoms with Crippen molar-refractivity contribution >= 4 is 16.8 Å². The third-order valence-corrected chi connectivity index (χ3v) is 5.46. The third kappa shape index (κ3) is 2.31. The van der Waals surface area contributed by atoms with Gasteiger partial charge in [0.15, 0.2) is 0 Å². The van der Waals surface area contributed by atoms with E-state index in [1.165, 1.54) is 23.9 Å². The Kier molecular flexibility index (Phi) is 3.41. The van der Waals surface area contributed by atoms with Gasteiger partial charge in [-0.3, -0.25) is 4.79 Å². The second-order valence-corrected chi connectivity index (χ2v) is 6.75. The number of amides is 1. The molecule has 1 amide bonds. The predicted molar refractivity (Wildman–Crippen MR) is 87.7 cm³/mol. The molecule has 0 bridgehead atoms. The first-order valence-corrected chi connectivity index (χ1v) is 8.25. The second kappa shape index (κ2) is 5.43. The van der Waals surface area contributed by atoms with E-state index in [0.717, 1.165) is 25.0 Å². The quantitative estimate of drug-likeness (QED) is 0.944. The molecule has 2 fully saturated rings. The molecule has 2 aliphatic heterocycles. The topological polar surface area (TPSA) is 39.3 Å². The van der Waals surface area contributed by atoms with Crippen LogP contribution in [-0.2, 0) is 11.2 Å². The molecular formula is C18H23N3O. The van der Waals surface area contributed by atoms with E-state index >= 15 is 0 Å². The van der Waals surface area contributed by atoms with E-state index in [9.17, 15) is 4.79 Å². The lowest BCUT2D eigenvalue weighted by Gasteiger charge is -2.20. The van der Waals surface area contributed by atoms with E-state index in [1.54, 1.807) is 0 Å². The van der Waals surface area contributed by atoms with Gasteiger partial charge in [0.25, 0.3) is 0 Å². The number of aromatic nitrogens is 1. The van der Waals surface area contributed by atoms with Crippen molar-refractivity contribution < 1.29 is 4.79 Å². The first-order valence-electron chi connectivity index (χ1n) is 8.25. The average Bonchev–Trinajstić information content (AvgIpc) is 3.21. The van der Waals surface area contributed by atoms with Crippen molar-refractivity contribution in [3.8, 4) is 0 Å². The summed E-state index contributed by atoms with van der Waals surface area (Å²) in [5, 5.41) is 1.24. The summed E-state index contributed by atoms with van der Waals surface area (Å²) in [6.07, 6.45) is 4.73. The van der Waals surface area contributed by atoms with Gasteiger partial charge in [0.2, 0.25) is 5.91 Å². The lowest BCUT2D eigenvalue weighted by Crippen LogP contribution is -2.35. The maximum absolute atomic E-state index is 12.5. The standard InChI is InChI=1S/C18H23N3O/c1-20-9-8-14-11-21(12-17(14)20)18(22)7-6-13-10-19-16-5-3-2-4-15(13)16/h2-5,10,14,17,19H,6-9,11-12H2,1H3/t14-,17+/m0/s1. The number of hydrogen-bond acceptors (Lipinski definition) is 2. The normalized spacial score (nSPS) is 25.0. The molecular weight excluding hydrogens is 274 g/mol. The summed E-state index contributed by atoms with van der Waals surface area (Å²) in [5.41, 5.74) is 2.41. The summed E-state index contributed by atoms with van der Waals surface area (Å²) >= 11 is 0. The number of aryl methyl sites for hydroxylation is 1. The number of carbonyl (C=O) groups excluding carboxylic acids is 1. The molecule has 116 valence electrons. The molecule has 2 saturated heterocycles. The molecule has 22 heavy (non-hydrogen) atoms. The number of fused-ring (bicyclic) bond motifs is 2. The number of carbonyl (C=O) groups is 1. The molecule has 0 saturated carbocycles. The van der Waals surface area contributed by atoms with Crippen LogP contribution in [0.4, 0.5) is 0 Å². The maximum atomic E-state index is 12.5. The Balaban J connectivity index is 1.39. The van der Waals surface area contributed by atoms with E-state index in [4.69, 9.17) is 0 Å². The number of likely N-dealkylation sites (N-methyl/N-ethyl adjacent to an activating group) is 1. The molecule has 0 spiro atoms. The summed E-state index contributed by atoms with van der Waals surface area (Å²) in [4.78, 5) is 20.3. The Labute approximate surface area is 131 Å². The molecule has 3 heterocycles. The summed E-state index contributed by atoms with van der Waals surface area (Å²) in [7, 11) is 2.19.